The van der Waals surface area contributed by atoms with E-state index in [1.807, 2.05) is 40.0 Å². The summed E-state index contributed by atoms with van der Waals surface area (Å²) >= 11 is 0. The van der Waals surface area contributed by atoms with Crippen LogP contribution in [0.5, 0.6) is 5.75 Å². The van der Waals surface area contributed by atoms with Gasteiger partial charge in [0.25, 0.3) is 5.91 Å². The molecular weight excluding hydrogens is 396 g/mol. The van der Waals surface area contributed by atoms with Crippen molar-refractivity contribution in [3.63, 3.8) is 0 Å². The average molecular weight is 422 g/mol. The van der Waals surface area contributed by atoms with Gasteiger partial charge in [0.05, 0.1) is 43.5 Å². The lowest BCUT2D eigenvalue weighted by Gasteiger charge is -2.32. The number of ether oxygens (including phenoxy) is 2. The quantitative estimate of drug-likeness (QED) is 0.637. The lowest BCUT2D eigenvalue weighted by Crippen LogP contribution is -2.39. The van der Waals surface area contributed by atoms with Crippen LogP contribution >= 0.6 is 0 Å². The van der Waals surface area contributed by atoms with Gasteiger partial charge in [-0.05, 0) is 25.0 Å². The van der Waals surface area contributed by atoms with E-state index in [4.69, 9.17) is 9.47 Å². The molecule has 9 nitrogen and oxygen atoms in total. The number of carbonyl (C=O) groups is 1. The van der Waals surface area contributed by atoms with Crippen LogP contribution in [0.3, 0.4) is 0 Å². The summed E-state index contributed by atoms with van der Waals surface area (Å²) in [6.45, 7) is 4.40. The number of likely N-dealkylation sites (tertiary alicyclic amines) is 1. The molecule has 0 bridgehead atoms. The highest BCUT2D eigenvalue weighted by atomic mass is 16.5. The molecule has 31 heavy (non-hydrogen) atoms. The number of anilines is 1. The van der Waals surface area contributed by atoms with Gasteiger partial charge in [0.15, 0.2) is 5.65 Å². The fraction of sp³-hybridized carbons (Fsp3) is 0.455. The van der Waals surface area contributed by atoms with Crippen molar-refractivity contribution in [2.75, 3.05) is 51.4 Å². The van der Waals surface area contributed by atoms with Gasteiger partial charge in [-0.1, -0.05) is 12.1 Å². The predicted octanol–water partition coefficient (Wildman–Crippen LogP) is 2.15. The van der Waals surface area contributed by atoms with Crippen molar-refractivity contribution >= 4 is 22.8 Å². The van der Waals surface area contributed by atoms with Gasteiger partial charge in [0.2, 0.25) is 0 Å². The minimum Gasteiger partial charge on any atom is -0.496 e. The van der Waals surface area contributed by atoms with Crippen molar-refractivity contribution in [3.8, 4) is 5.75 Å². The van der Waals surface area contributed by atoms with E-state index in [0.29, 0.717) is 37.6 Å². The van der Waals surface area contributed by atoms with Crippen molar-refractivity contribution in [2.45, 2.75) is 18.9 Å². The average Bonchev–Trinajstić information content (AvgIpc) is 3.28. The molecule has 9 heteroatoms. The maximum absolute atomic E-state index is 13.0. The number of rotatable bonds is 4. The number of carbonyl (C=O) groups excluding carboxylic acids is 1. The summed E-state index contributed by atoms with van der Waals surface area (Å²) in [5, 5.41) is 5.63. The third-order valence-corrected chi connectivity index (χ3v) is 6.12. The van der Waals surface area contributed by atoms with Crippen LogP contribution in [-0.2, 0) is 4.74 Å². The van der Waals surface area contributed by atoms with Crippen LogP contribution in [0.15, 0.2) is 36.8 Å². The SMILES string of the molecule is COc1ccccc1C(=O)N1CCC(n2ncc3c(N4CCOCC4)ncnc32)CC1. The normalized spacial score (nSPS) is 17.8. The van der Waals surface area contributed by atoms with Crippen LogP contribution in [0.2, 0.25) is 0 Å². The van der Waals surface area contributed by atoms with E-state index in [1.165, 1.54) is 0 Å². The molecule has 2 fully saturated rings. The molecule has 4 heterocycles. The van der Waals surface area contributed by atoms with Crippen LogP contribution in [0.1, 0.15) is 29.2 Å². The predicted molar refractivity (Wildman–Crippen MR) is 116 cm³/mol. The van der Waals surface area contributed by atoms with Gasteiger partial charge in [0.1, 0.15) is 17.9 Å². The lowest BCUT2D eigenvalue weighted by atomic mass is 10.0. The van der Waals surface area contributed by atoms with Crippen molar-refractivity contribution < 1.29 is 14.3 Å². The molecule has 2 aliphatic rings. The Kier molecular flexibility index (Phi) is 5.42. The monoisotopic (exact) mass is 422 g/mol. The summed E-state index contributed by atoms with van der Waals surface area (Å²) < 4.78 is 12.8. The maximum Gasteiger partial charge on any atom is 0.257 e. The largest absolute Gasteiger partial charge is 0.496 e. The first-order valence-electron chi connectivity index (χ1n) is 10.7. The van der Waals surface area contributed by atoms with Gasteiger partial charge < -0.3 is 19.3 Å². The molecule has 2 aliphatic heterocycles. The molecule has 3 aromatic rings. The zero-order valence-electron chi connectivity index (χ0n) is 17.6. The fourth-order valence-electron chi connectivity index (χ4n) is 4.45. The zero-order chi connectivity index (χ0) is 21.2. The van der Waals surface area contributed by atoms with E-state index in [0.717, 1.165) is 42.8 Å². The molecule has 0 unspecified atom stereocenters. The Morgan fingerprint density at radius 2 is 1.87 bits per heavy atom. The molecule has 162 valence electrons. The molecule has 1 aromatic carbocycles. The van der Waals surface area contributed by atoms with E-state index >= 15 is 0 Å². The molecule has 0 aliphatic carbocycles. The highest BCUT2D eigenvalue weighted by molar-refractivity contribution is 5.97. The van der Waals surface area contributed by atoms with Crippen LogP contribution in [0, 0.1) is 0 Å². The van der Waals surface area contributed by atoms with Crippen LogP contribution in [-0.4, -0.2) is 77.1 Å². The Balaban J connectivity index is 1.32. The second-order valence-electron chi connectivity index (χ2n) is 7.85. The minimum absolute atomic E-state index is 0.0122. The van der Waals surface area contributed by atoms with Gasteiger partial charge in [-0.2, -0.15) is 5.10 Å². The lowest BCUT2D eigenvalue weighted by molar-refractivity contribution is 0.0688. The summed E-state index contributed by atoms with van der Waals surface area (Å²) in [6.07, 6.45) is 5.14. The molecular formula is C22H26N6O3. The number of aromatic nitrogens is 4. The van der Waals surface area contributed by atoms with Crippen molar-refractivity contribution in [2.24, 2.45) is 0 Å². The summed E-state index contributed by atoms with van der Waals surface area (Å²) in [4.78, 5) is 26.2. The third kappa shape index (κ3) is 3.69. The highest BCUT2D eigenvalue weighted by Crippen LogP contribution is 2.30. The first kappa shape index (κ1) is 19.7. The summed E-state index contributed by atoms with van der Waals surface area (Å²) in [7, 11) is 1.59. The highest BCUT2D eigenvalue weighted by Gasteiger charge is 2.28. The number of fused-ring (bicyclic) bond motifs is 1. The van der Waals surface area contributed by atoms with Gasteiger partial charge in [-0.3, -0.25) is 4.79 Å². The van der Waals surface area contributed by atoms with Crippen molar-refractivity contribution in [3.05, 3.63) is 42.4 Å². The molecule has 0 radical (unpaired) electrons. The Morgan fingerprint density at radius 3 is 2.65 bits per heavy atom. The number of hydrogen-bond acceptors (Lipinski definition) is 7. The molecule has 2 saturated heterocycles. The van der Waals surface area contributed by atoms with Gasteiger partial charge in [-0.15, -0.1) is 0 Å². The van der Waals surface area contributed by atoms with Crippen LogP contribution < -0.4 is 9.64 Å². The number of para-hydroxylation sites is 1. The zero-order valence-corrected chi connectivity index (χ0v) is 17.6. The molecule has 0 saturated carbocycles. The van der Waals surface area contributed by atoms with E-state index in [9.17, 15) is 4.79 Å². The topological polar surface area (TPSA) is 85.6 Å². The summed E-state index contributed by atoms with van der Waals surface area (Å²) in [6, 6.07) is 7.58. The smallest absolute Gasteiger partial charge is 0.257 e. The Bertz CT molecular complexity index is 1070. The second kappa shape index (κ2) is 8.50. The van der Waals surface area contributed by atoms with Crippen molar-refractivity contribution in [1.82, 2.24) is 24.6 Å². The number of amides is 1. The number of methoxy groups -OCH3 is 1. The number of nitrogens with zero attached hydrogens (tertiary/aromatic N) is 6. The van der Waals surface area contributed by atoms with E-state index in [-0.39, 0.29) is 11.9 Å². The first-order chi connectivity index (χ1) is 15.3. The number of benzene rings is 1. The Labute approximate surface area is 180 Å². The van der Waals surface area contributed by atoms with E-state index in [2.05, 4.69) is 20.0 Å². The van der Waals surface area contributed by atoms with Crippen LogP contribution in [0.25, 0.3) is 11.0 Å². The molecule has 5 rings (SSSR count). The van der Waals surface area contributed by atoms with Gasteiger partial charge in [0, 0.05) is 26.2 Å². The maximum atomic E-state index is 13.0. The standard InChI is InChI=1S/C22H26N6O3/c1-30-19-5-3-2-4-17(19)22(29)27-8-6-16(7-9-27)28-21-18(14-25-28)20(23-15-24-21)26-10-12-31-13-11-26/h2-5,14-16H,6-13H2,1H3. The number of piperidine rings is 1. The van der Waals surface area contributed by atoms with Gasteiger partial charge in [-0.25, -0.2) is 14.6 Å². The number of morpholine rings is 1. The summed E-state index contributed by atoms with van der Waals surface area (Å²) in [5.74, 6) is 1.54. The molecule has 0 atom stereocenters. The van der Waals surface area contributed by atoms with E-state index in [1.54, 1.807) is 13.4 Å². The Hall–Kier alpha value is -3.20. The van der Waals surface area contributed by atoms with Crippen molar-refractivity contribution in [1.29, 1.82) is 0 Å². The summed E-state index contributed by atoms with van der Waals surface area (Å²) in [5.41, 5.74) is 1.46. The fourth-order valence-corrected chi connectivity index (χ4v) is 4.45. The molecule has 0 spiro atoms. The molecule has 0 N–H and O–H groups in total. The molecule has 2 aromatic heterocycles. The third-order valence-electron chi connectivity index (χ3n) is 6.12. The minimum atomic E-state index is 0.0122. The molecule has 1 amide bonds. The number of hydrogen-bond donors (Lipinski definition) is 0. The van der Waals surface area contributed by atoms with Crippen LogP contribution in [0.4, 0.5) is 5.82 Å². The first-order valence-corrected chi connectivity index (χ1v) is 10.7. The second-order valence-corrected chi connectivity index (χ2v) is 7.85. The van der Waals surface area contributed by atoms with Gasteiger partial charge >= 0.3 is 0 Å². The Morgan fingerprint density at radius 1 is 1.10 bits per heavy atom. The van der Waals surface area contributed by atoms with E-state index < -0.39 is 0 Å².